The lowest BCUT2D eigenvalue weighted by Crippen LogP contribution is -2.16. The Hall–Kier alpha value is -3.57. The third-order valence-corrected chi connectivity index (χ3v) is 4.36. The molecule has 0 aliphatic carbocycles. The summed E-state index contributed by atoms with van der Waals surface area (Å²) in [5, 5.41) is 31.6. The number of hydrogen-bond acceptors (Lipinski definition) is 7. The second-order valence-corrected chi connectivity index (χ2v) is 6.94. The molecule has 0 saturated heterocycles. The number of benzene rings is 2. The van der Waals surface area contributed by atoms with E-state index in [0.717, 1.165) is 0 Å². The molecule has 0 unspecified atom stereocenters. The first-order valence-corrected chi connectivity index (χ1v) is 8.91. The number of aromatic hydroxyl groups is 1. The standard InChI is InChI=1S/C18H19N7O3S/c1-23(2)10-24-15-8-7-13(25(27)28)9-14(15)16(17(24)26)20-11-3-5-12(6-4-11)21-18(29)22-19/h3-9,19-20,26H,10H2,1-2H3,(H,21,29). The van der Waals surface area contributed by atoms with Crippen molar-refractivity contribution < 1.29 is 10.0 Å². The maximum Gasteiger partial charge on any atom is 0.270 e. The molecule has 1 aromatic heterocycles. The first kappa shape index (κ1) is 20.2. The molecule has 0 bridgehead atoms. The van der Waals surface area contributed by atoms with Crippen LogP contribution in [-0.2, 0) is 6.67 Å². The van der Waals surface area contributed by atoms with Gasteiger partial charge in [-0.1, -0.05) is 0 Å². The van der Waals surface area contributed by atoms with Crippen LogP contribution in [0.2, 0.25) is 0 Å². The van der Waals surface area contributed by atoms with E-state index in [4.69, 9.17) is 17.7 Å². The van der Waals surface area contributed by atoms with E-state index < -0.39 is 4.92 Å². The van der Waals surface area contributed by atoms with Crippen molar-refractivity contribution in [1.29, 1.82) is 5.53 Å². The molecule has 2 aromatic carbocycles. The predicted molar refractivity (Wildman–Crippen MR) is 115 cm³/mol. The summed E-state index contributed by atoms with van der Waals surface area (Å²) in [5.41, 5.74) is 9.18. The Bertz CT molecular complexity index is 1090. The van der Waals surface area contributed by atoms with Gasteiger partial charge in [-0.2, -0.15) is 0 Å². The number of nitro groups is 1. The number of aromatic nitrogens is 1. The first-order valence-electron chi connectivity index (χ1n) is 8.50. The third-order valence-electron chi connectivity index (χ3n) is 4.16. The van der Waals surface area contributed by atoms with Gasteiger partial charge in [0.1, 0.15) is 5.69 Å². The van der Waals surface area contributed by atoms with Crippen LogP contribution in [0.3, 0.4) is 0 Å². The quantitative estimate of drug-likeness (QED) is 0.206. The molecule has 11 heteroatoms. The van der Waals surface area contributed by atoms with E-state index in [2.05, 4.69) is 15.7 Å². The predicted octanol–water partition coefficient (Wildman–Crippen LogP) is 4.25. The summed E-state index contributed by atoms with van der Waals surface area (Å²) in [4.78, 5) is 12.6. The average Bonchev–Trinajstić information content (AvgIpc) is 2.94. The molecule has 4 N–H and O–H groups in total. The summed E-state index contributed by atoms with van der Waals surface area (Å²) in [6, 6.07) is 11.4. The zero-order valence-corrected chi connectivity index (χ0v) is 16.5. The van der Waals surface area contributed by atoms with Crippen LogP contribution >= 0.6 is 12.2 Å². The summed E-state index contributed by atoms with van der Waals surface area (Å²) in [6.45, 7) is 0.402. The van der Waals surface area contributed by atoms with Gasteiger partial charge in [0, 0.05) is 28.9 Å². The van der Waals surface area contributed by atoms with Gasteiger partial charge in [-0.25, -0.2) is 5.53 Å². The molecule has 0 amide bonds. The average molecular weight is 413 g/mol. The summed E-state index contributed by atoms with van der Waals surface area (Å²) < 4.78 is 1.67. The molecular weight excluding hydrogens is 394 g/mol. The number of nitrogens with one attached hydrogen (secondary N) is 3. The van der Waals surface area contributed by atoms with Crippen molar-refractivity contribution in [2.75, 3.05) is 24.7 Å². The molecule has 0 atom stereocenters. The van der Waals surface area contributed by atoms with E-state index in [1.54, 1.807) is 34.9 Å². The van der Waals surface area contributed by atoms with Crippen molar-refractivity contribution in [1.82, 2.24) is 9.47 Å². The number of fused-ring (bicyclic) bond motifs is 1. The van der Waals surface area contributed by atoms with Gasteiger partial charge in [-0.15, -0.1) is 5.11 Å². The topological polar surface area (TPSA) is 132 Å². The fourth-order valence-electron chi connectivity index (χ4n) is 2.92. The highest BCUT2D eigenvalue weighted by atomic mass is 32.1. The highest BCUT2D eigenvalue weighted by molar-refractivity contribution is 7.80. The summed E-state index contributed by atoms with van der Waals surface area (Å²) >= 11 is 4.84. The van der Waals surface area contributed by atoms with Crippen molar-refractivity contribution >= 4 is 51.0 Å². The number of thiocarbonyl (C=S) groups is 1. The van der Waals surface area contributed by atoms with Gasteiger partial charge in [-0.3, -0.25) is 19.6 Å². The zero-order valence-electron chi connectivity index (χ0n) is 15.7. The summed E-state index contributed by atoms with van der Waals surface area (Å²) in [6.07, 6.45) is 0. The molecular formula is C18H19N7O3S. The number of rotatable bonds is 6. The first-order chi connectivity index (χ1) is 13.8. The van der Waals surface area contributed by atoms with E-state index in [1.807, 2.05) is 19.0 Å². The number of non-ortho nitro benzene ring substituents is 1. The van der Waals surface area contributed by atoms with Gasteiger partial charge in [0.05, 0.1) is 17.1 Å². The Morgan fingerprint density at radius 2 is 1.93 bits per heavy atom. The second-order valence-electron chi connectivity index (χ2n) is 6.55. The zero-order chi connectivity index (χ0) is 21.1. The molecule has 29 heavy (non-hydrogen) atoms. The monoisotopic (exact) mass is 413 g/mol. The number of hydrogen-bond donors (Lipinski definition) is 4. The Morgan fingerprint density at radius 1 is 1.28 bits per heavy atom. The molecule has 10 nitrogen and oxygen atoms in total. The highest BCUT2D eigenvalue weighted by Gasteiger charge is 2.20. The number of nitrogens with zero attached hydrogens (tertiary/aromatic N) is 4. The number of anilines is 3. The molecule has 0 fully saturated rings. The fourth-order valence-corrected chi connectivity index (χ4v) is 3.04. The minimum absolute atomic E-state index is 0.0226. The third kappa shape index (κ3) is 4.31. The lowest BCUT2D eigenvalue weighted by atomic mass is 10.2. The summed E-state index contributed by atoms with van der Waals surface area (Å²) in [5.74, 6) is -0.0226. The molecule has 3 rings (SSSR count). The molecule has 0 spiro atoms. The molecule has 1 heterocycles. The van der Waals surface area contributed by atoms with E-state index in [0.29, 0.717) is 34.6 Å². The highest BCUT2D eigenvalue weighted by Crippen LogP contribution is 2.40. The van der Waals surface area contributed by atoms with E-state index >= 15 is 0 Å². The largest absolute Gasteiger partial charge is 0.493 e. The normalized spacial score (nSPS) is 10.9. The van der Waals surface area contributed by atoms with Crippen LogP contribution in [-0.4, -0.2) is 38.7 Å². The van der Waals surface area contributed by atoms with Crippen LogP contribution < -0.4 is 10.6 Å². The Balaban J connectivity index is 2.02. The second kappa shape index (κ2) is 8.20. The lowest BCUT2D eigenvalue weighted by molar-refractivity contribution is -0.384. The van der Waals surface area contributed by atoms with E-state index in [9.17, 15) is 15.2 Å². The van der Waals surface area contributed by atoms with Crippen LogP contribution in [0.25, 0.3) is 10.9 Å². The van der Waals surface area contributed by atoms with Gasteiger partial charge in [0.25, 0.3) is 5.69 Å². The van der Waals surface area contributed by atoms with Crippen LogP contribution in [0.1, 0.15) is 0 Å². The maximum atomic E-state index is 11.2. The van der Waals surface area contributed by atoms with Gasteiger partial charge in [0.2, 0.25) is 11.0 Å². The van der Waals surface area contributed by atoms with Gasteiger partial charge in [-0.05, 0) is 56.6 Å². The Kier molecular flexibility index (Phi) is 5.71. The SMILES string of the molecule is CN(C)Cn1c(O)c(Nc2ccc(NC(=S)N=N)cc2)c2cc([N+](=O)[O-])ccc21. The van der Waals surface area contributed by atoms with Crippen molar-refractivity contribution in [3.05, 3.63) is 52.6 Å². The molecule has 150 valence electrons. The minimum Gasteiger partial charge on any atom is -0.493 e. The molecule has 0 aliphatic heterocycles. The van der Waals surface area contributed by atoms with Crippen molar-refractivity contribution in [2.24, 2.45) is 5.11 Å². The van der Waals surface area contributed by atoms with Crippen LogP contribution in [0.15, 0.2) is 47.6 Å². The Morgan fingerprint density at radius 3 is 2.52 bits per heavy atom. The van der Waals surface area contributed by atoms with Crippen LogP contribution in [0.4, 0.5) is 22.7 Å². The van der Waals surface area contributed by atoms with E-state index in [1.165, 1.54) is 12.1 Å². The Labute approximate surface area is 171 Å². The fraction of sp³-hybridized carbons (Fsp3) is 0.167. The van der Waals surface area contributed by atoms with E-state index in [-0.39, 0.29) is 16.7 Å². The molecule has 0 radical (unpaired) electrons. The van der Waals surface area contributed by atoms with Gasteiger partial charge >= 0.3 is 0 Å². The lowest BCUT2D eigenvalue weighted by Gasteiger charge is -2.13. The molecule has 0 saturated carbocycles. The smallest absolute Gasteiger partial charge is 0.270 e. The molecule has 0 aliphatic rings. The molecule has 3 aromatic rings. The minimum atomic E-state index is -0.468. The van der Waals surface area contributed by atoms with Crippen LogP contribution in [0, 0.1) is 15.6 Å². The van der Waals surface area contributed by atoms with Crippen LogP contribution in [0.5, 0.6) is 5.88 Å². The van der Waals surface area contributed by atoms with Crippen molar-refractivity contribution in [2.45, 2.75) is 6.67 Å². The maximum absolute atomic E-state index is 11.2. The summed E-state index contributed by atoms with van der Waals surface area (Å²) in [7, 11) is 3.73. The van der Waals surface area contributed by atoms with Gasteiger partial charge in [0.15, 0.2) is 0 Å². The van der Waals surface area contributed by atoms with Gasteiger partial charge < -0.3 is 15.7 Å². The van der Waals surface area contributed by atoms with Crippen molar-refractivity contribution in [3.63, 3.8) is 0 Å². The number of nitro benzene ring substituents is 1. The van der Waals surface area contributed by atoms with Crippen molar-refractivity contribution in [3.8, 4) is 5.88 Å².